The van der Waals surface area contributed by atoms with Gasteiger partial charge in [-0.25, -0.2) is 8.42 Å². The van der Waals surface area contributed by atoms with Crippen LogP contribution in [-0.4, -0.2) is 56.1 Å². The molecular weight excluding hydrogens is 354 g/mol. The molecule has 0 saturated heterocycles. The van der Waals surface area contributed by atoms with Gasteiger partial charge in [0.25, 0.3) is 0 Å². The number of hydrogen-bond donors (Lipinski definition) is 1. The number of carbonyl (C=O) groups excluding carboxylic acids is 2. The van der Waals surface area contributed by atoms with Crippen molar-refractivity contribution in [3.8, 4) is 0 Å². The van der Waals surface area contributed by atoms with Crippen LogP contribution >= 0.6 is 0 Å². The first kappa shape index (κ1) is 20.4. The fourth-order valence-electron chi connectivity index (χ4n) is 2.67. The Bertz CT molecular complexity index is 742. The van der Waals surface area contributed by atoms with Gasteiger partial charge < -0.3 is 10.2 Å². The van der Waals surface area contributed by atoms with Gasteiger partial charge in [-0.3, -0.25) is 9.59 Å². The predicted octanol–water partition coefficient (Wildman–Crippen LogP) is 1.91. The van der Waals surface area contributed by atoms with E-state index in [2.05, 4.69) is 5.32 Å². The molecule has 1 aliphatic carbocycles. The summed E-state index contributed by atoms with van der Waals surface area (Å²) in [6.45, 7) is 4.57. The van der Waals surface area contributed by atoms with E-state index in [1.807, 2.05) is 6.92 Å². The third-order valence-corrected chi connectivity index (χ3v) is 6.08. The predicted molar refractivity (Wildman–Crippen MR) is 100 cm³/mol. The van der Waals surface area contributed by atoms with Crippen LogP contribution in [0.25, 0.3) is 0 Å². The van der Waals surface area contributed by atoms with E-state index in [4.69, 9.17) is 0 Å². The second-order valence-electron chi connectivity index (χ2n) is 6.75. The minimum absolute atomic E-state index is 0.0890. The number of hydrogen-bond acceptors (Lipinski definition) is 4. The molecule has 1 aromatic carbocycles. The van der Waals surface area contributed by atoms with E-state index >= 15 is 0 Å². The lowest BCUT2D eigenvalue weighted by Crippen LogP contribution is -2.42. The Kier molecular flexibility index (Phi) is 6.77. The van der Waals surface area contributed by atoms with E-state index in [9.17, 15) is 18.0 Å². The van der Waals surface area contributed by atoms with E-state index in [0.717, 1.165) is 23.6 Å². The molecule has 0 radical (unpaired) electrons. The minimum atomic E-state index is -3.77. The van der Waals surface area contributed by atoms with Crippen molar-refractivity contribution in [2.45, 2.75) is 38.0 Å². The lowest BCUT2D eigenvalue weighted by Gasteiger charge is -2.25. The zero-order valence-corrected chi connectivity index (χ0v) is 16.4. The first-order valence-electron chi connectivity index (χ1n) is 8.85. The molecule has 2 amide bonds. The molecule has 1 fully saturated rings. The molecule has 0 aromatic heterocycles. The third kappa shape index (κ3) is 5.54. The SMILES string of the molecule is CCCN(CC1CC1)C(=O)CN(C)S(=O)(=O)c1ccc(NC(C)=O)cc1. The second-order valence-corrected chi connectivity index (χ2v) is 8.79. The highest BCUT2D eigenvalue weighted by Crippen LogP contribution is 2.30. The fourth-order valence-corrected chi connectivity index (χ4v) is 3.79. The summed E-state index contributed by atoms with van der Waals surface area (Å²) in [7, 11) is -2.35. The summed E-state index contributed by atoms with van der Waals surface area (Å²) in [6.07, 6.45) is 3.13. The molecular formula is C18H27N3O4S. The molecule has 0 bridgehead atoms. The molecule has 0 atom stereocenters. The van der Waals surface area contributed by atoms with Gasteiger partial charge in [-0.05, 0) is 49.4 Å². The zero-order valence-electron chi connectivity index (χ0n) is 15.6. The van der Waals surface area contributed by atoms with E-state index < -0.39 is 10.0 Å². The van der Waals surface area contributed by atoms with Crippen LogP contribution in [0.4, 0.5) is 5.69 Å². The molecule has 1 N–H and O–H groups in total. The van der Waals surface area contributed by atoms with Gasteiger partial charge in [-0.15, -0.1) is 0 Å². The standard InChI is InChI=1S/C18H27N3O4S/c1-4-11-21(12-15-5-6-15)18(23)13-20(3)26(24,25)17-9-7-16(8-10-17)19-14(2)22/h7-10,15H,4-6,11-13H2,1-3H3,(H,19,22). The number of likely N-dealkylation sites (N-methyl/N-ethyl adjacent to an activating group) is 1. The average Bonchev–Trinajstić information content (AvgIpc) is 3.38. The van der Waals surface area contributed by atoms with Crippen molar-refractivity contribution >= 4 is 27.5 Å². The van der Waals surface area contributed by atoms with Crippen LogP contribution in [0.1, 0.15) is 33.1 Å². The number of nitrogens with one attached hydrogen (secondary N) is 1. The molecule has 0 heterocycles. The van der Waals surface area contributed by atoms with Crippen LogP contribution in [0.5, 0.6) is 0 Å². The highest BCUT2D eigenvalue weighted by Gasteiger charge is 2.29. The Hall–Kier alpha value is -1.93. The van der Waals surface area contributed by atoms with Gasteiger partial charge >= 0.3 is 0 Å². The summed E-state index contributed by atoms with van der Waals surface area (Å²) in [5.74, 6) is 0.170. The van der Waals surface area contributed by atoms with E-state index in [0.29, 0.717) is 24.7 Å². The number of nitrogens with zero attached hydrogens (tertiary/aromatic N) is 2. The molecule has 144 valence electrons. The largest absolute Gasteiger partial charge is 0.341 e. The first-order valence-corrected chi connectivity index (χ1v) is 10.3. The maximum Gasteiger partial charge on any atom is 0.243 e. The van der Waals surface area contributed by atoms with E-state index in [-0.39, 0.29) is 23.3 Å². The molecule has 1 saturated carbocycles. The van der Waals surface area contributed by atoms with Crippen LogP contribution in [0.2, 0.25) is 0 Å². The Labute approximate surface area is 155 Å². The van der Waals surface area contributed by atoms with Crippen molar-refractivity contribution in [1.29, 1.82) is 0 Å². The van der Waals surface area contributed by atoms with Crippen LogP contribution in [0.3, 0.4) is 0 Å². The van der Waals surface area contributed by atoms with Gasteiger partial charge in [0.15, 0.2) is 0 Å². The van der Waals surface area contributed by atoms with E-state index in [1.54, 1.807) is 4.90 Å². The quantitative estimate of drug-likeness (QED) is 0.708. The number of benzene rings is 1. The van der Waals surface area contributed by atoms with Crippen molar-refractivity contribution in [2.24, 2.45) is 5.92 Å². The molecule has 0 aliphatic heterocycles. The van der Waals surface area contributed by atoms with Gasteiger partial charge in [0.1, 0.15) is 0 Å². The third-order valence-electron chi connectivity index (χ3n) is 4.26. The molecule has 8 heteroatoms. The number of anilines is 1. The van der Waals surface area contributed by atoms with Crippen LogP contribution in [-0.2, 0) is 19.6 Å². The van der Waals surface area contributed by atoms with Crippen LogP contribution in [0.15, 0.2) is 29.2 Å². The summed E-state index contributed by atoms with van der Waals surface area (Å²) < 4.78 is 26.4. The van der Waals surface area contributed by atoms with Crippen molar-refractivity contribution in [3.63, 3.8) is 0 Å². The molecule has 2 rings (SSSR count). The normalized spacial score (nSPS) is 14.3. The fraction of sp³-hybridized carbons (Fsp3) is 0.556. The summed E-state index contributed by atoms with van der Waals surface area (Å²) in [6, 6.07) is 5.91. The van der Waals surface area contributed by atoms with Crippen molar-refractivity contribution in [3.05, 3.63) is 24.3 Å². The van der Waals surface area contributed by atoms with Crippen LogP contribution < -0.4 is 5.32 Å². The Morgan fingerprint density at radius 3 is 2.31 bits per heavy atom. The van der Waals surface area contributed by atoms with Gasteiger partial charge in [0, 0.05) is 32.7 Å². The van der Waals surface area contributed by atoms with Gasteiger partial charge in [0.2, 0.25) is 21.8 Å². The number of sulfonamides is 1. The van der Waals surface area contributed by atoms with Crippen LogP contribution in [0, 0.1) is 5.92 Å². The second kappa shape index (κ2) is 8.64. The number of amides is 2. The van der Waals surface area contributed by atoms with Gasteiger partial charge in [-0.1, -0.05) is 6.92 Å². The van der Waals surface area contributed by atoms with Crippen molar-refractivity contribution < 1.29 is 18.0 Å². The Morgan fingerprint density at radius 1 is 1.19 bits per heavy atom. The highest BCUT2D eigenvalue weighted by molar-refractivity contribution is 7.89. The average molecular weight is 381 g/mol. The first-order chi connectivity index (χ1) is 12.2. The summed E-state index contributed by atoms with van der Waals surface area (Å²) in [4.78, 5) is 25.4. The topological polar surface area (TPSA) is 86.8 Å². The Morgan fingerprint density at radius 2 is 1.81 bits per heavy atom. The molecule has 26 heavy (non-hydrogen) atoms. The van der Waals surface area contributed by atoms with Gasteiger partial charge in [0.05, 0.1) is 11.4 Å². The van der Waals surface area contributed by atoms with Crippen molar-refractivity contribution in [1.82, 2.24) is 9.21 Å². The molecule has 0 spiro atoms. The maximum absolute atomic E-state index is 12.7. The summed E-state index contributed by atoms with van der Waals surface area (Å²) in [5, 5.41) is 2.59. The molecule has 1 aromatic rings. The lowest BCUT2D eigenvalue weighted by atomic mass is 10.3. The highest BCUT2D eigenvalue weighted by atomic mass is 32.2. The summed E-state index contributed by atoms with van der Waals surface area (Å²) in [5.41, 5.74) is 0.522. The smallest absolute Gasteiger partial charge is 0.243 e. The van der Waals surface area contributed by atoms with E-state index in [1.165, 1.54) is 38.2 Å². The maximum atomic E-state index is 12.7. The van der Waals surface area contributed by atoms with Crippen molar-refractivity contribution in [2.75, 3.05) is 32.0 Å². The lowest BCUT2D eigenvalue weighted by molar-refractivity contribution is -0.131. The number of rotatable bonds is 9. The molecule has 7 nitrogen and oxygen atoms in total. The minimum Gasteiger partial charge on any atom is -0.341 e. The van der Waals surface area contributed by atoms with Gasteiger partial charge in [-0.2, -0.15) is 4.31 Å². The summed E-state index contributed by atoms with van der Waals surface area (Å²) >= 11 is 0. The monoisotopic (exact) mass is 381 g/mol. The number of carbonyl (C=O) groups is 2. The Balaban J connectivity index is 2.04. The zero-order chi connectivity index (χ0) is 19.3. The molecule has 0 unspecified atom stereocenters. The molecule has 1 aliphatic rings.